The predicted molar refractivity (Wildman–Crippen MR) is 54.9 cm³/mol. The van der Waals surface area contributed by atoms with Gasteiger partial charge in [-0.25, -0.2) is 14.2 Å². The molecule has 0 aliphatic carbocycles. The number of hydrogen-bond acceptors (Lipinski definition) is 4. The maximum absolute atomic E-state index is 11.4. The van der Waals surface area contributed by atoms with Crippen molar-refractivity contribution in [2.24, 2.45) is 0 Å². The van der Waals surface area contributed by atoms with E-state index in [-0.39, 0.29) is 5.95 Å². The lowest BCUT2D eigenvalue weighted by atomic mass is 10.3. The number of H-pyrrole nitrogens is 1. The van der Waals surface area contributed by atoms with Crippen LogP contribution in [0.1, 0.15) is 0 Å². The van der Waals surface area contributed by atoms with Gasteiger partial charge in [0.1, 0.15) is 0 Å². The second-order valence-corrected chi connectivity index (χ2v) is 2.88. The molecule has 0 radical (unpaired) electrons. The molecule has 1 heterocycles. The molecule has 0 amide bonds. The number of hydrogen-bond donors (Lipinski definition) is 2. The standard InChI is InChI=1S/C9H8N4O2/c10-7-11-8(14)13(9(15)12-7)6-4-2-1-3-5-6/h1-5H,(H3,10,11,12,14,15). The van der Waals surface area contributed by atoms with Crippen molar-refractivity contribution in [1.82, 2.24) is 14.5 Å². The van der Waals surface area contributed by atoms with Gasteiger partial charge in [-0.3, -0.25) is 4.98 Å². The lowest BCUT2D eigenvalue weighted by Crippen LogP contribution is -2.36. The number of benzene rings is 1. The zero-order valence-electron chi connectivity index (χ0n) is 7.68. The second kappa shape index (κ2) is 3.41. The molecular formula is C9H8N4O2. The molecule has 2 aromatic rings. The van der Waals surface area contributed by atoms with Crippen LogP contribution in [-0.2, 0) is 0 Å². The van der Waals surface area contributed by atoms with Gasteiger partial charge in [-0.05, 0) is 12.1 Å². The molecule has 0 spiro atoms. The zero-order valence-corrected chi connectivity index (χ0v) is 7.68. The van der Waals surface area contributed by atoms with E-state index in [0.29, 0.717) is 5.69 Å². The minimum absolute atomic E-state index is 0.183. The van der Waals surface area contributed by atoms with Crippen LogP contribution in [0.15, 0.2) is 39.9 Å². The van der Waals surface area contributed by atoms with Crippen molar-refractivity contribution in [3.63, 3.8) is 0 Å². The van der Waals surface area contributed by atoms with Crippen LogP contribution < -0.4 is 17.1 Å². The Labute approximate surface area is 84.0 Å². The molecule has 2 rings (SSSR count). The van der Waals surface area contributed by atoms with E-state index in [1.54, 1.807) is 30.3 Å². The van der Waals surface area contributed by atoms with Crippen molar-refractivity contribution in [3.05, 3.63) is 51.3 Å². The Kier molecular flexibility index (Phi) is 2.09. The summed E-state index contributed by atoms with van der Waals surface area (Å²) in [4.78, 5) is 28.6. The number of nitrogens with two attached hydrogens (primary N) is 1. The van der Waals surface area contributed by atoms with Crippen LogP contribution in [-0.4, -0.2) is 14.5 Å². The molecule has 0 fully saturated rings. The average Bonchev–Trinajstić information content (AvgIpc) is 2.17. The van der Waals surface area contributed by atoms with Crippen LogP contribution >= 0.6 is 0 Å². The van der Waals surface area contributed by atoms with E-state index in [4.69, 9.17) is 5.73 Å². The zero-order chi connectivity index (χ0) is 10.8. The van der Waals surface area contributed by atoms with Gasteiger partial charge in [0, 0.05) is 0 Å². The summed E-state index contributed by atoms with van der Waals surface area (Å²) in [5.74, 6) is -0.183. The monoisotopic (exact) mass is 204 g/mol. The van der Waals surface area contributed by atoms with Gasteiger partial charge in [-0.15, -0.1) is 0 Å². The number of nitrogens with zero attached hydrogens (tertiary/aromatic N) is 2. The van der Waals surface area contributed by atoms with Gasteiger partial charge >= 0.3 is 11.4 Å². The van der Waals surface area contributed by atoms with E-state index in [2.05, 4.69) is 9.97 Å². The molecule has 0 bridgehead atoms. The summed E-state index contributed by atoms with van der Waals surface area (Å²) in [5.41, 5.74) is 4.39. The van der Waals surface area contributed by atoms with Gasteiger partial charge in [0.15, 0.2) is 0 Å². The number of nitrogen functional groups attached to an aromatic ring is 1. The van der Waals surface area contributed by atoms with Crippen LogP contribution in [0.2, 0.25) is 0 Å². The van der Waals surface area contributed by atoms with Gasteiger partial charge in [0.2, 0.25) is 5.95 Å². The molecule has 15 heavy (non-hydrogen) atoms. The number of nitrogens with one attached hydrogen (secondary N) is 1. The molecule has 0 aliphatic heterocycles. The first kappa shape index (κ1) is 9.20. The predicted octanol–water partition coefficient (Wildman–Crippen LogP) is -0.497. The van der Waals surface area contributed by atoms with Gasteiger partial charge in [-0.1, -0.05) is 18.2 Å². The molecule has 6 nitrogen and oxygen atoms in total. The molecule has 0 unspecified atom stereocenters. The Hall–Kier alpha value is -2.37. The fourth-order valence-electron chi connectivity index (χ4n) is 1.24. The first-order valence-corrected chi connectivity index (χ1v) is 4.23. The number of rotatable bonds is 1. The van der Waals surface area contributed by atoms with Gasteiger partial charge in [0.25, 0.3) is 0 Å². The Morgan fingerprint density at radius 3 is 2.47 bits per heavy atom. The van der Waals surface area contributed by atoms with Crippen molar-refractivity contribution in [1.29, 1.82) is 0 Å². The van der Waals surface area contributed by atoms with Crippen molar-refractivity contribution < 1.29 is 0 Å². The Morgan fingerprint density at radius 1 is 1.20 bits per heavy atom. The summed E-state index contributed by atoms with van der Waals surface area (Å²) in [6.45, 7) is 0. The maximum Gasteiger partial charge on any atom is 0.359 e. The van der Waals surface area contributed by atoms with Gasteiger partial charge in [0.05, 0.1) is 5.69 Å². The molecule has 3 N–H and O–H groups in total. The highest BCUT2D eigenvalue weighted by atomic mass is 16.2. The minimum atomic E-state index is -0.692. The van der Waals surface area contributed by atoms with Crippen molar-refractivity contribution in [2.45, 2.75) is 0 Å². The number of para-hydroxylation sites is 1. The molecule has 0 saturated heterocycles. The first-order valence-electron chi connectivity index (χ1n) is 4.23. The highest BCUT2D eigenvalue weighted by molar-refractivity contribution is 5.30. The van der Waals surface area contributed by atoms with Crippen LogP contribution in [0.25, 0.3) is 5.69 Å². The van der Waals surface area contributed by atoms with E-state index < -0.39 is 11.4 Å². The lowest BCUT2D eigenvalue weighted by molar-refractivity contribution is 0.820. The third-order valence-corrected chi connectivity index (χ3v) is 1.86. The molecule has 0 atom stereocenters. The topological polar surface area (TPSA) is 93.8 Å². The number of aromatic nitrogens is 3. The molecule has 0 saturated carbocycles. The van der Waals surface area contributed by atoms with Gasteiger partial charge in [-0.2, -0.15) is 4.98 Å². The molecule has 6 heteroatoms. The van der Waals surface area contributed by atoms with E-state index in [0.717, 1.165) is 4.57 Å². The highest BCUT2D eigenvalue weighted by Gasteiger charge is 2.05. The fourth-order valence-corrected chi connectivity index (χ4v) is 1.24. The van der Waals surface area contributed by atoms with E-state index in [9.17, 15) is 9.59 Å². The summed E-state index contributed by atoms with van der Waals surface area (Å²) in [6.07, 6.45) is 0. The molecule has 76 valence electrons. The van der Waals surface area contributed by atoms with Crippen LogP contribution in [0.5, 0.6) is 0 Å². The normalized spacial score (nSPS) is 10.1. The highest BCUT2D eigenvalue weighted by Crippen LogP contribution is 1.99. The third kappa shape index (κ3) is 1.64. The first-order chi connectivity index (χ1) is 7.18. The SMILES string of the molecule is Nc1nc(=O)n(-c2ccccc2)c(=O)[nH]1. The van der Waals surface area contributed by atoms with Crippen LogP contribution in [0, 0.1) is 0 Å². The number of anilines is 1. The lowest BCUT2D eigenvalue weighted by Gasteiger charge is -2.02. The van der Waals surface area contributed by atoms with Crippen molar-refractivity contribution >= 4 is 5.95 Å². The largest absolute Gasteiger partial charge is 0.369 e. The van der Waals surface area contributed by atoms with Crippen LogP contribution in [0.4, 0.5) is 5.95 Å². The Bertz CT molecular complexity index is 554. The molecule has 1 aromatic heterocycles. The quantitative estimate of drug-likeness (QED) is 0.655. The Morgan fingerprint density at radius 2 is 1.87 bits per heavy atom. The summed E-state index contributed by atoms with van der Waals surface area (Å²) in [7, 11) is 0. The summed E-state index contributed by atoms with van der Waals surface area (Å²) < 4.78 is 0.913. The molecule has 1 aromatic carbocycles. The minimum Gasteiger partial charge on any atom is -0.369 e. The maximum atomic E-state index is 11.4. The summed E-state index contributed by atoms with van der Waals surface area (Å²) in [6, 6.07) is 8.49. The summed E-state index contributed by atoms with van der Waals surface area (Å²) in [5, 5.41) is 0. The fraction of sp³-hybridized carbons (Fsp3) is 0. The molecular weight excluding hydrogens is 196 g/mol. The van der Waals surface area contributed by atoms with Crippen molar-refractivity contribution in [2.75, 3.05) is 5.73 Å². The second-order valence-electron chi connectivity index (χ2n) is 2.88. The molecule has 0 aliphatic rings. The van der Waals surface area contributed by atoms with E-state index in [1.165, 1.54) is 0 Å². The van der Waals surface area contributed by atoms with E-state index in [1.807, 2.05) is 0 Å². The van der Waals surface area contributed by atoms with Gasteiger partial charge < -0.3 is 5.73 Å². The average molecular weight is 204 g/mol. The smallest absolute Gasteiger partial charge is 0.359 e. The van der Waals surface area contributed by atoms with E-state index >= 15 is 0 Å². The van der Waals surface area contributed by atoms with Crippen molar-refractivity contribution in [3.8, 4) is 5.69 Å². The number of aromatic amines is 1. The third-order valence-electron chi connectivity index (χ3n) is 1.86. The van der Waals surface area contributed by atoms with Crippen LogP contribution in [0.3, 0.4) is 0 Å². The summed E-state index contributed by atoms with van der Waals surface area (Å²) >= 11 is 0. The Balaban J connectivity index is 2.75.